The number of rotatable bonds is 9. The summed E-state index contributed by atoms with van der Waals surface area (Å²) in [6.07, 6.45) is -0.525. The van der Waals surface area contributed by atoms with Crippen LogP contribution in [-0.4, -0.2) is 36.4 Å². The van der Waals surface area contributed by atoms with E-state index >= 15 is 0 Å². The molecule has 0 spiro atoms. The number of ketones is 1. The molecule has 1 atom stereocenters. The van der Waals surface area contributed by atoms with Crippen LogP contribution in [0.2, 0.25) is 0 Å². The van der Waals surface area contributed by atoms with Gasteiger partial charge in [-0.3, -0.25) is 19.7 Å². The zero-order valence-corrected chi connectivity index (χ0v) is 14.2. The van der Waals surface area contributed by atoms with Crippen LogP contribution in [0.25, 0.3) is 0 Å². The van der Waals surface area contributed by atoms with Gasteiger partial charge in [0.25, 0.3) is 5.91 Å². The third-order valence-electron chi connectivity index (χ3n) is 3.13. The van der Waals surface area contributed by atoms with Gasteiger partial charge in [0.15, 0.2) is 11.9 Å². The Labute approximate surface area is 145 Å². The van der Waals surface area contributed by atoms with Crippen molar-refractivity contribution in [2.24, 2.45) is 5.73 Å². The number of imide groups is 1. The summed E-state index contributed by atoms with van der Waals surface area (Å²) < 4.78 is 10.3. The molecule has 25 heavy (non-hydrogen) atoms. The Balaban J connectivity index is 2.43. The maximum atomic E-state index is 12.1. The van der Waals surface area contributed by atoms with Gasteiger partial charge in [-0.25, -0.2) is 4.79 Å². The molecule has 0 aliphatic carbocycles. The predicted molar refractivity (Wildman–Crippen MR) is 89.1 cm³/mol. The maximum Gasteiger partial charge on any atom is 0.318 e. The van der Waals surface area contributed by atoms with Gasteiger partial charge in [0.05, 0.1) is 13.0 Å². The second-order valence-electron chi connectivity index (χ2n) is 5.28. The number of Topliss-reactive ketones (excluding diaryl/α,β-unsaturated/α-hetero) is 1. The number of amides is 3. The Morgan fingerprint density at radius 2 is 1.76 bits per heavy atom. The van der Waals surface area contributed by atoms with Crippen molar-refractivity contribution in [3.63, 3.8) is 0 Å². The summed E-state index contributed by atoms with van der Waals surface area (Å²) in [6, 6.07) is 5.60. The topological polar surface area (TPSA) is 125 Å². The fourth-order valence-electron chi connectivity index (χ4n) is 1.85. The van der Waals surface area contributed by atoms with E-state index in [1.165, 1.54) is 6.92 Å². The minimum Gasteiger partial charge on any atom is -0.494 e. The summed E-state index contributed by atoms with van der Waals surface area (Å²) in [5.74, 6) is -1.10. The van der Waals surface area contributed by atoms with Crippen LogP contribution in [0.4, 0.5) is 4.79 Å². The molecule has 0 saturated heterocycles. The monoisotopic (exact) mass is 350 g/mol. The van der Waals surface area contributed by atoms with Gasteiger partial charge >= 0.3 is 12.0 Å². The van der Waals surface area contributed by atoms with E-state index in [9.17, 15) is 19.2 Å². The van der Waals surface area contributed by atoms with Crippen LogP contribution >= 0.6 is 0 Å². The van der Waals surface area contributed by atoms with Gasteiger partial charge in [-0.2, -0.15) is 0 Å². The number of primary amides is 1. The molecule has 8 heteroatoms. The molecule has 3 amide bonds. The zero-order valence-electron chi connectivity index (χ0n) is 14.2. The van der Waals surface area contributed by atoms with Crippen LogP contribution in [0.1, 0.15) is 43.5 Å². The highest BCUT2D eigenvalue weighted by Crippen LogP contribution is 2.14. The molecule has 0 aromatic heterocycles. The predicted octanol–water partition coefficient (Wildman–Crippen LogP) is 1.56. The average Bonchev–Trinajstić information content (AvgIpc) is 2.57. The van der Waals surface area contributed by atoms with Gasteiger partial charge in [0.1, 0.15) is 5.75 Å². The molecule has 0 unspecified atom stereocenters. The number of nitrogens with one attached hydrogen (secondary N) is 1. The van der Waals surface area contributed by atoms with Crippen molar-refractivity contribution < 1.29 is 28.7 Å². The number of benzene rings is 1. The van der Waals surface area contributed by atoms with Gasteiger partial charge in [-0.1, -0.05) is 6.92 Å². The Morgan fingerprint density at radius 3 is 2.32 bits per heavy atom. The van der Waals surface area contributed by atoms with Crippen LogP contribution in [0.3, 0.4) is 0 Å². The van der Waals surface area contributed by atoms with Gasteiger partial charge in [-0.15, -0.1) is 0 Å². The molecule has 1 rings (SSSR count). The minimum atomic E-state index is -1.18. The third-order valence-corrected chi connectivity index (χ3v) is 3.13. The molecule has 0 radical (unpaired) electrons. The number of esters is 1. The highest BCUT2D eigenvalue weighted by Gasteiger charge is 2.19. The Bertz CT molecular complexity index is 627. The number of nitrogens with two attached hydrogens (primary N) is 1. The van der Waals surface area contributed by atoms with Crippen molar-refractivity contribution in [3.8, 4) is 5.75 Å². The molecule has 1 aromatic rings. The summed E-state index contributed by atoms with van der Waals surface area (Å²) in [6.45, 7) is 3.89. The minimum absolute atomic E-state index is 0.0574. The molecular formula is C17H22N2O6. The summed E-state index contributed by atoms with van der Waals surface area (Å²) in [5, 5.41) is 1.80. The Hall–Kier alpha value is -2.90. The molecule has 1 aromatic carbocycles. The first-order valence-electron chi connectivity index (χ1n) is 7.89. The van der Waals surface area contributed by atoms with Crippen molar-refractivity contribution in [2.75, 3.05) is 6.61 Å². The van der Waals surface area contributed by atoms with Crippen LogP contribution in [-0.2, 0) is 14.3 Å². The molecule has 0 aliphatic heterocycles. The number of urea groups is 1. The van der Waals surface area contributed by atoms with Gasteiger partial charge < -0.3 is 15.2 Å². The number of carbonyl (C=O) groups excluding carboxylic acids is 4. The van der Waals surface area contributed by atoms with E-state index in [1.807, 2.05) is 6.92 Å². The number of ether oxygens (including phenoxy) is 2. The Morgan fingerprint density at radius 1 is 1.12 bits per heavy atom. The van der Waals surface area contributed by atoms with Crippen LogP contribution in [0.5, 0.6) is 5.75 Å². The molecule has 3 N–H and O–H groups in total. The molecule has 0 heterocycles. The quantitative estimate of drug-likeness (QED) is 0.514. The second kappa shape index (κ2) is 10.1. The molecule has 8 nitrogen and oxygen atoms in total. The van der Waals surface area contributed by atoms with Crippen LogP contribution in [0, 0.1) is 0 Å². The summed E-state index contributed by atoms with van der Waals surface area (Å²) in [7, 11) is 0. The average molecular weight is 350 g/mol. The molecule has 0 saturated carbocycles. The van der Waals surface area contributed by atoms with E-state index in [2.05, 4.69) is 0 Å². The largest absolute Gasteiger partial charge is 0.494 e. The normalized spacial score (nSPS) is 11.3. The molecule has 136 valence electrons. The first-order chi connectivity index (χ1) is 11.8. The molecule has 0 bridgehead atoms. The highest BCUT2D eigenvalue weighted by atomic mass is 16.5. The highest BCUT2D eigenvalue weighted by molar-refractivity contribution is 5.98. The van der Waals surface area contributed by atoms with Crippen LogP contribution < -0.4 is 15.8 Å². The van der Waals surface area contributed by atoms with E-state index in [0.717, 1.165) is 6.42 Å². The van der Waals surface area contributed by atoms with Crippen molar-refractivity contribution in [3.05, 3.63) is 29.8 Å². The fourth-order valence-corrected chi connectivity index (χ4v) is 1.85. The van der Waals surface area contributed by atoms with E-state index in [-0.39, 0.29) is 18.6 Å². The number of hydrogen-bond donors (Lipinski definition) is 2. The molecule has 0 fully saturated rings. The summed E-state index contributed by atoms with van der Waals surface area (Å²) in [5.41, 5.74) is 5.25. The standard InChI is InChI=1S/C17H22N2O6/c1-3-10-24-13-6-4-12(5-7-13)14(20)8-9-15(21)25-11(2)16(22)19-17(18)23/h4-7,11H,3,8-10H2,1-2H3,(H3,18,19,22,23)/t11-/m1/s1. The van der Waals surface area contributed by atoms with Crippen molar-refractivity contribution in [1.29, 1.82) is 0 Å². The smallest absolute Gasteiger partial charge is 0.318 e. The number of hydrogen-bond acceptors (Lipinski definition) is 6. The van der Waals surface area contributed by atoms with Crippen molar-refractivity contribution in [1.82, 2.24) is 5.32 Å². The van der Waals surface area contributed by atoms with Crippen molar-refractivity contribution >= 4 is 23.7 Å². The first kappa shape index (κ1) is 20.1. The fraction of sp³-hybridized carbons (Fsp3) is 0.412. The van der Waals surface area contributed by atoms with Crippen molar-refractivity contribution in [2.45, 2.75) is 39.2 Å². The van der Waals surface area contributed by atoms with Crippen LogP contribution in [0.15, 0.2) is 24.3 Å². The molecule has 0 aliphatic rings. The maximum absolute atomic E-state index is 12.1. The van der Waals surface area contributed by atoms with E-state index in [4.69, 9.17) is 15.2 Å². The summed E-state index contributed by atoms with van der Waals surface area (Å²) >= 11 is 0. The van der Waals surface area contributed by atoms with E-state index in [1.54, 1.807) is 29.6 Å². The molecular weight excluding hydrogens is 328 g/mol. The second-order valence-corrected chi connectivity index (χ2v) is 5.28. The summed E-state index contributed by atoms with van der Waals surface area (Å²) in [4.78, 5) is 45.6. The Kier molecular flexibility index (Phi) is 8.11. The van der Waals surface area contributed by atoms with E-state index in [0.29, 0.717) is 17.9 Å². The zero-order chi connectivity index (χ0) is 18.8. The number of carbonyl (C=O) groups is 4. The van der Waals surface area contributed by atoms with Gasteiger partial charge in [0.2, 0.25) is 0 Å². The van der Waals surface area contributed by atoms with Gasteiger partial charge in [0, 0.05) is 12.0 Å². The van der Waals surface area contributed by atoms with Gasteiger partial charge in [-0.05, 0) is 37.6 Å². The SMILES string of the molecule is CCCOc1ccc(C(=O)CCC(=O)O[C@H](C)C(=O)NC(N)=O)cc1. The van der Waals surface area contributed by atoms with E-state index < -0.39 is 24.0 Å². The lowest BCUT2D eigenvalue weighted by Gasteiger charge is -2.11. The lowest BCUT2D eigenvalue weighted by Crippen LogP contribution is -2.42. The lowest BCUT2D eigenvalue weighted by atomic mass is 10.1. The lowest BCUT2D eigenvalue weighted by molar-refractivity contribution is -0.154. The third kappa shape index (κ3) is 7.47. The first-order valence-corrected chi connectivity index (χ1v) is 7.89.